The number of aliphatic hydroxyl groups excluding tert-OH is 1. The van der Waals surface area contributed by atoms with Crippen LogP contribution in [0.3, 0.4) is 0 Å². The predicted octanol–water partition coefficient (Wildman–Crippen LogP) is 6.21. The Bertz CT molecular complexity index is 1820. The Morgan fingerprint density at radius 1 is 0.400 bits per heavy atom. The average molecular weight is 673 g/mol. The van der Waals surface area contributed by atoms with Gasteiger partial charge in [0.05, 0.1) is 29.9 Å². The largest absolute Gasteiger partial charge is 0.453 e. The van der Waals surface area contributed by atoms with E-state index in [2.05, 4.69) is 0 Å². The van der Waals surface area contributed by atoms with Crippen molar-refractivity contribution in [2.24, 2.45) is 0 Å². The number of hydrogen-bond acceptors (Lipinski definition) is 9. The van der Waals surface area contributed by atoms with E-state index in [0.29, 0.717) is 0 Å². The van der Waals surface area contributed by atoms with Gasteiger partial charge in [0.2, 0.25) is 0 Å². The van der Waals surface area contributed by atoms with Crippen LogP contribution in [0.2, 0.25) is 0 Å². The van der Waals surface area contributed by atoms with E-state index in [0.717, 1.165) is 11.1 Å². The highest BCUT2D eigenvalue weighted by atomic mass is 16.6. The summed E-state index contributed by atoms with van der Waals surface area (Å²) in [6.07, 6.45) is -8.46. The van der Waals surface area contributed by atoms with Crippen LogP contribution in [0, 0.1) is 0 Å². The third kappa shape index (κ3) is 8.51. The van der Waals surface area contributed by atoms with Crippen molar-refractivity contribution >= 4 is 17.9 Å². The lowest BCUT2D eigenvalue weighted by molar-refractivity contribution is -0.249. The number of benzene rings is 5. The maximum absolute atomic E-state index is 13.7. The molecule has 6 rings (SSSR count). The molecule has 0 aromatic heterocycles. The number of hydrogen-bond donors (Lipinski definition) is 1. The minimum Gasteiger partial charge on any atom is -0.453 e. The number of rotatable bonds is 12. The average Bonchev–Trinajstić information content (AvgIpc) is 3.17. The van der Waals surface area contributed by atoms with Gasteiger partial charge in [0.1, 0.15) is 18.3 Å². The summed E-state index contributed by atoms with van der Waals surface area (Å²) in [6.45, 7) is -0.0118. The molecule has 0 bridgehead atoms. The second-order valence-corrected chi connectivity index (χ2v) is 11.7. The number of carbonyl (C=O) groups excluding carboxylic acids is 3. The van der Waals surface area contributed by atoms with E-state index in [4.69, 9.17) is 23.7 Å². The molecule has 0 aliphatic heterocycles. The molecule has 0 radical (unpaired) electrons. The number of carbonyl (C=O) groups is 3. The molecule has 1 N–H and O–H groups in total. The standard InChI is InChI=1S/C41H36O9/c42-33-34(46-26-28-16-6-1-7-17-28)37(49-40(44)31-22-12-4-13-23-31)38(50-41(45)32-24-14-5-15-25-32)36(47-27-29-18-8-2-9-19-29)35(33)48-39(43)30-20-10-3-11-21-30/h1-25,33-38,42H,26-27H2/t33-,34+,35-,36+,37-,38-/m1/s1. The Kier molecular flexibility index (Phi) is 11.4. The van der Waals surface area contributed by atoms with Crippen molar-refractivity contribution in [2.45, 2.75) is 49.8 Å². The topological polar surface area (TPSA) is 118 Å². The van der Waals surface area contributed by atoms with E-state index in [9.17, 15) is 19.5 Å². The Balaban J connectivity index is 1.42. The molecule has 6 atom stereocenters. The van der Waals surface area contributed by atoms with Crippen LogP contribution < -0.4 is 0 Å². The highest BCUT2D eigenvalue weighted by molar-refractivity contribution is 5.91. The van der Waals surface area contributed by atoms with Crippen molar-refractivity contribution in [3.05, 3.63) is 179 Å². The Morgan fingerprint density at radius 3 is 1.08 bits per heavy atom. The SMILES string of the molecule is O=C(O[C@@H]1[C@@H](OCc2ccccc2)[C@H](OC(=O)c2ccccc2)[C@H](O)[C@H](OCc2ccccc2)[C@H]1OC(=O)c1ccccc1)c1ccccc1. The molecule has 0 saturated heterocycles. The molecule has 1 aliphatic carbocycles. The summed E-state index contributed by atoms with van der Waals surface area (Å²) in [5.74, 6) is -2.22. The van der Waals surface area contributed by atoms with Gasteiger partial charge in [0, 0.05) is 0 Å². The molecule has 9 nitrogen and oxygen atoms in total. The molecule has 0 heterocycles. The van der Waals surface area contributed by atoms with Crippen LogP contribution in [-0.2, 0) is 36.9 Å². The first-order chi connectivity index (χ1) is 24.5. The summed E-state index contributed by atoms with van der Waals surface area (Å²) in [7, 11) is 0. The maximum atomic E-state index is 13.7. The molecule has 0 unspecified atom stereocenters. The first-order valence-electron chi connectivity index (χ1n) is 16.2. The number of aliphatic hydroxyl groups is 1. The lowest BCUT2D eigenvalue weighted by Crippen LogP contribution is -2.67. The van der Waals surface area contributed by atoms with E-state index < -0.39 is 54.5 Å². The molecule has 1 aliphatic rings. The summed E-state index contributed by atoms with van der Waals surface area (Å²) >= 11 is 0. The van der Waals surface area contributed by atoms with E-state index in [1.54, 1.807) is 91.0 Å². The van der Waals surface area contributed by atoms with Crippen molar-refractivity contribution in [1.29, 1.82) is 0 Å². The van der Waals surface area contributed by atoms with Crippen LogP contribution in [-0.4, -0.2) is 59.6 Å². The van der Waals surface area contributed by atoms with Gasteiger partial charge >= 0.3 is 17.9 Å². The third-order valence-electron chi connectivity index (χ3n) is 8.30. The summed E-state index contributed by atoms with van der Waals surface area (Å²) in [6, 6.07) is 43.3. The van der Waals surface area contributed by atoms with Gasteiger partial charge in [-0.1, -0.05) is 115 Å². The van der Waals surface area contributed by atoms with Crippen molar-refractivity contribution in [2.75, 3.05) is 0 Å². The van der Waals surface area contributed by atoms with Gasteiger partial charge in [-0.3, -0.25) is 0 Å². The van der Waals surface area contributed by atoms with Crippen molar-refractivity contribution in [3.8, 4) is 0 Å². The van der Waals surface area contributed by atoms with Gasteiger partial charge in [0.25, 0.3) is 0 Å². The first-order valence-corrected chi connectivity index (χ1v) is 16.2. The zero-order valence-corrected chi connectivity index (χ0v) is 27.0. The molecule has 50 heavy (non-hydrogen) atoms. The molecule has 9 heteroatoms. The van der Waals surface area contributed by atoms with Crippen LogP contribution in [0.25, 0.3) is 0 Å². The fourth-order valence-electron chi connectivity index (χ4n) is 5.76. The Labute approximate surface area is 290 Å². The molecular formula is C41H36O9. The summed E-state index contributed by atoms with van der Waals surface area (Å²) < 4.78 is 31.0. The molecule has 5 aromatic carbocycles. The summed E-state index contributed by atoms with van der Waals surface area (Å²) in [5.41, 5.74) is 2.23. The molecular weight excluding hydrogens is 636 g/mol. The van der Waals surface area contributed by atoms with E-state index >= 15 is 0 Å². The Hall–Kier alpha value is -5.61. The van der Waals surface area contributed by atoms with Gasteiger partial charge in [0.15, 0.2) is 18.3 Å². The van der Waals surface area contributed by atoms with Crippen LogP contribution in [0.5, 0.6) is 0 Å². The van der Waals surface area contributed by atoms with Gasteiger partial charge in [-0.05, 0) is 47.5 Å². The van der Waals surface area contributed by atoms with Gasteiger partial charge in [-0.15, -0.1) is 0 Å². The molecule has 5 aromatic rings. The lowest BCUT2D eigenvalue weighted by Gasteiger charge is -2.47. The van der Waals surface area contributed by atoms with Gasteiger partial charge < -0.3 is 28.8 Å². The maximum Gasteiger partial charge on any atom is 0.338 e. The zero-order chi connectivity index (χ0) is 34.7. The van der Waals surface area contributed by atoms with Crippen LogP contribution in [0.1, 0.15) is 42.2 Å². The smallest absolute Gasteiger partial charge is 0.338 e. The molecule has 0 amide bonds. The Morgan fingerprint density at radius 2 is 0.700 bits per heavy atom. The van der Waals surface area contributed by atoms with E-state index in [1.165, 1.54) is 0 Å². The predicted molar refractivity (Wildman–Crippen MR) is 183 cm³/mol. The van der Waals surface area contributed by atoms with Crippen molar-refractivity contribution in [1.82, 2.24) is 0 Å². The number of esters is 3. The molecule has 1 saturated carbocycles. The third-order valence-corrected chi connectivity index (χ3v) is 8.30. The fraction of sp³-hybridized carbons (Fsp3) is 0.195. The van der Waals surface area contributed by atoms with Gasteiger partial charge in [-0.2, -0.15) is 0 Å². The van der Waals surface area contributed by atoms with E-state index in [1.807, 2.05) is 60.7 Å². The molecule has 1 fully saturated rings. The molecule has 0 spiro atoms. The first kappa shape index (κ1) is 34.3. The minimum atomic E-state index is -1.59. The normalized spacial score (nSPS) is 21.5. The van der Waals surface area contributed by atoms with Crippen molar-refractivity contribution < 1.29 is 43.2 Å². The van der Waals surface area contributed by atoms with Crippen LogP contribution >= 0.6 is 0 Å². The highest BCUT2D eigenvalue weighted by Crippen LogP contribution is 2.35. The van der Waals surface area contributed by atoms with Crippen LogP contribution in [0.15, 0.2) is 152 Å². The fourth-order valence-corrected chi connectivity index (χ4v) is 5.76. The summed E-state index contributed by atoms with van der Waals surface area (Å²) in [4.78, 5) is 40.9. The second kappa shape index (κ2) is 16.7. The quantitative estimate of drug-likeness (QED) is 0.122. The second-order valence-electron chi connectivity index (χ2n) is 11.7. The number of ether oxygens (including phenoxy) is 5. The molecule has 254 valence electrons. The zero-order valence-electron chi connectivity index (χ0n) is 27.0. The lowest BCUT2D eigenvalue weighted by atomic mass is 9.83. The summed E-state index contributed by atoms with van der Waals surface area (Å²) in [5, 5.41) is 12.1. The van der Waals surface area contributed by atoms with Crippen molar-refractivity contribution in [3.63, 3.8) is 0 Å². The monoisotopic (exact) mass is 672 g/mol. The minimum absolute atomic E-state index is 0.00377. The van der Waals surface area contributed by atoms with Crippen LogP contribution in [0.4, 0.5) is 0 Å². The highest BCUT2D eigenvalue weighted by Gasteiger charge is 2.57. The van der Waals surface area contributed by atoms with Gasteiger partial charge in [-0.25, -0.2) is 14.4 Å². The van der Waals surface area contributed by atoms with E-state index in [-0.39, 0.29) is 29.9 Å².